The Hall–Kier alpha value is -1.88. The molecule has 0 aliphatic carbocycles. The Balaban J connectivity index is 2.47. The van der Waals surface area contributed by atoms with Crippen LogP contribution in [-0.4, -0.2) is 50.6 Å². The van der Waals surface area contributed by atoms with Gasteiger partial charge in [0.2, 0.25) is 11.8 Å². The third-order valence-corrected chi connectivity index (χ3v) is 3.33. The Morgan fingerprint density at radius 2 is 1.81 bits per heavy atom. The van der Waals surface area contributed by atoms with Gasteiger partial charge in [0, 0.05) is 52.9 Å². The number of hydrogen-bond donors (Lipinski definition) is 0. The van der Waals surface area contributed by atoms with Crippen LogP contribution in [0.3, 0.4) is 0 Å². The van der Waals surface area contributed by atoms with Crippen molar-refractivity contribution in [3.05, 3.63) is 30.3 Å². The number of nitrogens with zero attached hydrogens (tertiary/aromatic N) is 2. The first kappa shape index (κ1) is 17.2. The predicted molar refractivity (Wildman–Crippen MR) is 83.2 cm³/mol. The first-order valence-electron chi connectivity index (χ1n) is 7.12. The van der Waals surface area contributed by atoms with Crippen LogP contribution in [0.2, 0.25) is 0 Å². The van der Waals surface area contributed by atoms with Gasteiger partial charge in [0.05, 0.1) is 0 Å². The molecule has 5 nitrogen and oxygen atoms in total. The first-order chi connectivity index (χ1) is 10.1. The molecule has 0 aliphatic rings. The molecular weight excluding hydrogens is 268 g/mol. The average molecular weight is 292 g/mol. The highest BCUT2D eigenvalue weighted by Gasteiger charge is 2.14. The van der Waals surface area contributed by atoms with Crippen molar-refractivity contribution < 1.29 is 14.3 Å². The molecule has 0 saturated carbocycles. The SMILES string of the molecule is COCCCN(CCC(=O)N(C)c1ccccc1)C(C)=O. The van der Waals surface area contributed by atoms with E-state index in [1.807, 2.05) is 30.3 Å². The number of anilines is 1. The second-order valence-electron chi connectivity index (χ2n) is 4.89. The fourth-order valence-electron chi connectivity index (χ4n) is 2.02. The van der Waals surface area contributed by atoms with Crippen LogP contribution in [0.4, 0.5) is 5.69 Å². The van der Waals surface area contributed by atoms with Crippen molar-refractivity contribution in [2.75, 3.05) is 38.8 Å². The normalized spacial score (nSPS) is 10.2. The van der Waals surface area contributed by atoms with Crippen molar-refractivity contribution in [3.8, 4) is 0 Å². The molecule has 0 fully saturated rings. The summed E-state index contributed by atoms with van der Waals surface area (Å²) in [4.78, 5) is 27.0. The zero-order valence-corrected chi connectivity index (χ0v) is 13.0. The van der Waals surface area contributed by atoms with Crippen LogP contribution in [0.15, 0.2) is 30.3 Å². The lowest BCUT2D eigenvalue weighted by molar-refractivity contribution is -0.129. The summed E-state index contributed by atoms with van der Waals surface area (Å²) in [6.07, 6.45) is 1.09. The van der Waals surface area contributed by atoms with Crippen LogP contribution in [-0.2, 0) is 14.3 Å². The highest BCUT2D eigenvalue weighted by atomic mass is 16.5. The Morgan fingerprint density at radius 1 is 1.14 bits per heavy atom. The van der Waals surface area contributed by atoms with Gasteiger partial charge in [0.1, 0.15) is 0 Å². The quantitative estimate of drug-likeness (QED) is 0.688. The van der Waals surface area contributed by atoms with E-state index < -0.39 is 0 Å². The van der Waals surface area contributed by atoms with E-state index in [2.05, 4.69) is 0 Å². The molecular formula is C16H24N2O3. The number of rotatable bonds is 8. The van der Waals surface area contributed by atoms with Crippen LogP contribution in [0.5, 0.6) is 0 Å². The summed E-state index contributed by atoms with van der Waals surface area (Å²) >= 11 is 0. The molecule has 0 atom stereocenters. The van der Waals surface area contributed by atoms with Crippen LogP contribution in [0, 0.1) is 0 Å². The van der Waals surface area contributed by atoms with Crippen molar-refractivity contribution in [1.29, 1.82) is 0 Å². The molecule has 0 N–H and O–H groups in total. The standard InChI is InChI=1S/C16H24N2O3/c1-14(19)18(11-7-13-21-3)12-10-16(20)17(2)15-8-5-4-6-9-15/h4-6,8-9H,7,10-13H2,1-3H3. The largest absolute Gasteiger partial charge is 0.385 e. The van der Waals surface area contributed by atoms with Gasteiger partial charge < -0.3 is 14.5 Å². The van der Waals surface area contributed by atoms with E-state index in [0.29, 0.717) is 26.1 Å². The van der Waals surface area contributed by atoms with Gasteiger partial charge >= 0.3 is 0 Å². The van der Waals surface area contributed by atoms with Gasteiger partial charge in [-0.3, -0.25) is 9.59 Å². The maximum absolute atomic E-state index is 12.2. The zero-order chi connectivity index (χ0) is 15.7. The molecule has 0 radical (unpaired) electrons. The number of carbonyl (C=O) groups is 2. The van der Waals surface area contributed by atoms with Crippen molar-refractivity contribution in [2.24, 2.45) is 0 Å². The summed E-state index contributed by atoms with van der Waals surface area (Å²) in [6.45, 7) is 3.19. The minimum atomic E-state index is -0.0127. The van der Waals surface area contributed by atoms with E-state index in [1.165, 1.54) is 6.92 Å². The summed E-state index contributed by atoms with van der Waals surface area (Å²) in [5, 5.41) is 0. The van der Waals surface area contributed by atoms with Crippen molar-refractivity contribution in [1.82, 2.24) is 4.90 Å². The van der Waals surface area contributed by atoms with E-state index in [9.17, 15) is 9.59 Å². The number of carbonyl (C=O) groups excluding carboxylic acids is 2. The van der Waals surface area contributed by atoms with Crippen molar-refractivity contribution >= 4 is 17.5 Å². The molecule has 116 valence electrons. The molecule has 21 heavy (non-hydrogen) atoms. The van der Waals surface area contributed by atoms with Crippen molar-refractivity contribution in [3.63, 3.8) is 0 Å². The molecule has 0 aliphatic heterocycles. The summed E-state index contributed by atoms with van der Waals surface area (Å²) in [7, 11) is 3.39. The molecule has 0 unspecified atom stereocenters. The predicted octanol–water partition coefficient (Wildman–Crippen LogP) is 1.92. The van der Waals surface area contributed by atoms with Crippen LogP contribution in [0.1, 0.15) is 19.8 Å². The molecule has 2 amide bonds. The summed E-state index contributed by atoms with van der Waals surface area (Å²) in [5.74, 6) is -0.0135. The third kappa shape index (κ3) is 5.95. The van der Waals surface area contributed by atoms with E-state index >= 15 is 0 Å². The minimum absolute atomic E-state index is 0.000749. The molecule has 0 aromatic heterocycles. The number of hydrogen-bond acceptors (Lipinski definition) is 3. The van der Waals surface area contributed by atoms with Gasteiger partial charge in [0.25, 0.3) is 0 Å². The van der Waals surface area contributed by atoms with E-state index in [-0.39, 0.29) is 11.8 Å². The van der Waals surface area contributed by atoms with Gasteiger partial charge in [-0.05, 0) is 18.6 Å². The molecule has 1 rings (SSSR count). The second-order valence-corrected chi connectivity index (χ2v) is 4.89. The van der Waals surface area contributed by atoms with Gasteiger partial charge in [-0.1, -0.05) is 18.2 Å². The third-order valence-electron chi connectivity index (χ3n) is 3.33. The van der Waals surface area contributed by atoms with Crippen LogP contribution < -0.4 is 4.90 Å². The average Bonchev–Trinajstić information content (AvgIpc) is 2.50. The maximum Gasteiger partial charge on any atom is 0.228 e. The topological polar surface area (TPSA) is 49.9 Å². The van der Waals surface area contributed by atoms with Gasteiger partial charge in [-0.15, -0.1) is 0 Å². The lowest BCUT2D eigenvalue weighted by Crippen LogP contribution is -2.35. The van der Waals surface area contributed by atoms with Gasteiger partial charge in [-0.25, -0.2) is 0 Å². The Bertz CT molecular complexity index is 448. The minimum Gasteiger partial charge on any atom is -0.385 e. The highest BCUT2D eigenvalue weighted by Crippen LogP contribution is 2.12. The molecule has 0 spiro atoms. The number of para-hydroxylation sites is 1. The Kier molecular flexibility index (Phi) is 7.46. The number of benzene rings is 1. The molecule has 0 saturated heterocycles. The number of ether oxygens (including phenoxy) is 1. The lowest BCUT2D eigenvalue weighted by atomic mass is 10.2. The van der Waals surface area contributed by atoms with E-state index in [4.69, 9.17) is 4.74 Å². The van der Waals surface area contributed by atoms with E-state index in [0.717, 1.165) is 12.1 Å². The lowest BCUT2D eigenvalue weighted by Gasteiger charge is -2.23. The fourth-order valence-corrected chi connectivity index (χ4v) is 2.02. The fraction of sp³-hybridized carbons (Fsp3) is 0.500. The first-order valence-corrected chi connectivity index (χ1v) is 7.12. The monoisotopic (exact) mass is 292 g/mol. The zero-order valence-electron chi connectivity index (χ0n) is 13.0. The molecule has 0 bridgehead atoms. The van der Waals surface area contributed by atoms with Gasteiger partial charge in [0.15, 0.2) is 0 Å². The summed E-state index contributed by atoms with van der Waals surface area (Å²) < 4.78 is 4.98. The van der Waals surface area contributed by atoms with E-state index in [1.54, 1.807) is 24.0 Å². The molecule has 0 heterocycles. The maximum atomic E-state index is 12.2. The molecule has 5 heteroatoms. The second kappa shape index (κ2) is 9.13. The Morgan fingerprint density at radius 3 is 2.38 bits per heavy atom. The molecule has 1 aromatic carbocycles. The van der Waals surface area contributed by atoms with Crippen LogP contribution in [0.25, 0.3) is 0 Å². The molecule has 1 aromatic rings. The van der Waals surface area contributed by atoms with Crippen molar-refractivity contribution in [2.45, 2.75) is 19.8 Å². The highest BCUT2D eigenvalue weighted by molar-refractivity contribution is 5.93. The summed E-state index contributed by atoms with van der Waals surface area (Å²) in [6, 6.07) is 9.48. The number of amides is 2. The number of methoxy groups -OCH3 is 1. The summed E-state index contributed by atoms with van der Waals surface area (Å²) in [5.41, 5.74) is 0.858. The Labute approximate surface area is 126 Å². The smallest absolute Gasteiger partial charge is 0.228 e. The van der Waals surface area contributed by atoms with Gasteiger partial charge in [-0.2, -0.15) is 0 Å². The van der Waals surface area contributed by atoms with Crippen LogP contribution >= 0.6 is 0 Å².